The third-order valence-electron chi connectivity index (χ3n) is 5.04. The molecule has 1 saturated heterocycles. The Morgan fingerprint density at radius 2 is 2.17 bits per heavy atom. The van der Waals surface area contributed by atoms with Gasteiger partial charge in [0.15, 0.2) is 5.65 Å². The van der Waals surface area contributed by atoms with Gasteiger partial charge in [-0.25, -0.2) is 9.97 Å². The zero-order chi connectivity index (χ0) is 16.5. The number of ether oxygens (including phenoxy) is 2. The Morgan fingerprint density at radius 3 is 2.96 bits per heavy atom. The zero-order valence-corrected chi connectivity index (χ0v) is 13.8. The van der Waals surface area contributed by atoms with Gasteiger partial charge in [0.1, 0.15) is 11.6 Å². The van der Waals surface area contributed by atoms with Crippen molar-refractivity contribution >= 4 is 17.1 Å². The zero-order valence-electron chi connectivity index (χ0n) is 13.8. The van der Waals surface area contributed by atoms with Gasteiger partial charge < -0.3 is 19.4 Å². The van der Waals surface area contributed by atoms with Gasteiger partial charge in [-0.05, 0) is 18.9 Å². The average molecular weight is 330 g/mol. The number of hydrogen-bond acceptors (Lipinski definition) is 5. The fourth-order valence-corrected chi connectivity index (χ4v) is 3.65. The van der Waals surface area contributed by atoms with Gasteiger partial charge in [0.05, 0.1) is 31.1 Å². The number of fused-ring (bicyclic) bond motifs is 1. The lowest BCUT2D eigenvalue weighted by Gasteiger charge is -2.17. The fourth-order valence-electron chi connectivity index (χ4n) is 3.65. The molecule has 2 fully saturated rings. The van der Waals surface area contributed by atoms with Gasteiger partial charge in [-0.3, -0.25) is 4.79 Å². The molecule has 0 aromatic carbocycles. The molecule has 1 saturated carbocycles. The van der Waals surface area contributed by atoms with Crippen LogP contribution >= 0.6 is 0 Å². The van der Waals surface area contributed by atoms with E-state index in [1.165, 1.54) is 25.7 Å². The smallest absolute Gasteiger partial charge is 0.253 e. The van der Waals surface area contributed by atoms with Crippen LogP contribution in [0, 0.1) is 0 Å². The first kappa shape index (κ1) is 15.5. The van der Waals surface area contributed by atoms with Crippen molar-refractivity contribution in [1.82, 2.24) is 19.9 Å². The molecule has 7 heteroatoms. The monoisotopic (exact) mass is 330 g/mol. The van der Waals surface area contributed by atoms with Gasteiger partial charge in [0.25, 0.3) is 5.91 Å². The minimum absolute atomic E-state index is 0.104. The van der Waals surface area contributed by atoms with E-state index >= 15 is 0 Å². The van der Waals surface area contributed by atoms with Crippen LogP contribution in [0.5, 0.6) is 0 Å². The molecule has 128 valence electrons. The molecule has 0 bridgehead atoms. The van der Waals surface area contributed by atoms with Crippen LogP contribution in [0.15, 0.2) is 18.6 Å². The summed E-state index contributed by atoms with van der Waals surface area (Å²) in [5.41, 5.74) is 2.14. The van der Waals surface area contributed by atoms with Crippen molar-refractivity contribution < 1.29 is 14.3 Å². The van der Waals surface area contributed by atoms with Crippen LogP contribution in [0.25, 0.3) is 11.2 Å². The molecule has 2 aromatic rings. The van der Waals surface area contributed by atoms with E-state index in [1.54, 1.807) is 19.4 Å². The standard InChI is InChI=1S/C17H22N4O3/c1-23-15-9-24-8-14(15)20-17(22)11-6-13-16(18-7-11)21(10-19-13)12-4-2-3-5-12/h6-7,10,12,14-15H,2-5,8-9H2,1H3,(H,20,22)/t14-,15+/m0/s1. The molecule has 4 rings (SSSR count). The first-order valence-corrected chi connectivity index (χ1v) is 8.50. The van der Waals surface area contributed by atoms with Crippen molar-refractivity contribution in [2.75, 3.05) is 20.3 Å². The van der Waals surface area contributed by atoms with Crippen LogP contribution in [-0.2, 0) is 9.47 Å². The molecule has 7 nitrogen and oxygen atoms in total. The van der Waals surface area contributed by atoms with Crippen molar-refractivity contribution in [2.24, 2.45) is 0 Å². The Bertz CT molecular complexity index is 739. The van der Waals surface area contributed by atoms with Crippen molar-refractivity contribution in [3.63, 3.8) is 0 Å². The molecule has 24 heavy (non-hydrogen) atoms. The molecule has 0 spiro atoms. The number of carbonyl (C=O) groups excluding carboxylic acids is 1. The minimum Gasteiger partial charge on any atom is -0.377 e. The van der Waals surface area contributed by atoms with Gasteiger partial charge >= 0.3 is 0 Å². The normalized spacial score (nSPS) is 24.7. The summed E-state index contributed by atoms with van der Waals surface area (Å²) in [5, 5.41) is 2.96. The Kier molecular flexibility index (Phi) is 4.20. The van der Waals surface area contributed by atoms with Crippen molar-refractivity contribution in [3.8, 4) is 0 Å². The molecule has 3 heterocycles. The Hall–Kier alpha value is -1.99. The van der Waals surface area contributed by atoms with Crippen LogP contribution in [0.4, 0.5) is 0 Å². The summed E-state index contributed by atoms with van der Waals surface area (Å²) in [4.78, 5) is 21.4. The van der Waals surface area contributed by atoms with Crippen molar-refractivity contribution in [1.29, 1.82) is 0 Å². The second kappa shape index (κ2) is 6.49. The number of aromatic nitrogens is 3. The summed E-state index contributed by atoms with van der Waals surface area (Å²) in [5.74, 6) is -0.169. The predicted octanol–water partition coefficient (Wildman–Crippen LogP) is 1.69. The van der Waals surface area contributed by atoms with Crippen LogP contribution in [0.1, 0.15) is 42.1 Å². The first-order valence-electron chi connectivity index (χ1n) is 8.50. The quantitative estimate of drug-likeness (QED) is 0.923. The molecule has 1 amide bonds. The summed E-state index contributed by atoms with van der Waals surface area (Å²) < 4.78 is 12.8. The van der Waals surface area contributed by atoms with E-state index in [0.717, 1.165) is 11.2 Å². The lowest BCUT2D eigenvalue weighted by atomic mass is 10.2. The maximum Gasteiger partial charge on any atom is 0.253 e. The third-order valence-corrected chi connectivity index (χ3v) is 5.04. The number of rotatable bonds is 4. The number of hydrogen-bond donors (Lipinski definition) is 1. The molecular weight excluding hydrogens is 308 g/mol. The van der Waals surface area contributed by atoms with E-state index < -0.39 is 0 Å². The summed E-state index contributed by atoms with van der Waals surface area (Å²) in [6.45, 7) is 0.973. The molecule has 2 atom stereocenters. The molecule has 1 N–H and O–H groups in total. The minimum atomic E-state index is -0.169. The third kappa shape index (κ3) is 2.78. The maximum atomic E-state index is 12.5. The van der Waals surface area contributed by atoms with Crippen LogP contribution in [-0.4, -0.2) is 52.9 Å². The van der Waals surface area contributed by atoms with Gasteiger partial charge in [-0.2, -0.15) is 0 Å². The number of methoxy groups -OCH3 is 1. The SMILES string of the molecule is CO[C@@H]1COC[C@@H]1NC(=O)c1cnc2c(c1)ncn2C1CCCC1. The van der Waals surface area contributed by atoms with Gasteiger partial charge in [0.2, 0.25) is 0 Å². The highest BCUT2D eigenvalue weighted by Gasteiger charge is 2.30. The Morgan fingerprint density at radius 1 is 1.33 bits per heavy atom. The highest BCUT2D eigenvalue weighted by molar-refractivity contribution is 5.96. The van der Waals surface area contributed by atoms with Gasteiger partial charge in [0, 0.05) is 19.3 Å². The lowest BCUT2D eigenvalue weighted by Crippen LogP contribution is -2.43. The molecule has 0 radical (unpaired) electrons. The molecule has 1 aliphatic heterocycles. The van der Waals surface area contributed by atoms with E-state index in [-0.39, 0.29) is 18.1 Å². The summed E-state index contributed by atoms with van der Waals surface area (Å²) in [6.07, 6.45) is 8.24. The number of nitrogens with one attached hydrogen (secondary N) is 1. The van der Waals surface area contributed by atoms with Crippen LogP contribution in [0.2, 0.25) is 0 Å². The Balaban J connectivity index is 1.53. The van der Waals surface area contributed by atoms with Gasteiger partial charge in [-0.15, -0.1) is 0 Å². The Labute approximate surface area is 140 Å². The van der Waals surface area contributed by atoms with Crippen molar-refractivity contribution in [3.05, 3.63) is 24.2 Å². The maximum absolute atomic E-state index is 12.5. The fraction of sp³-hybridized carbons (Fsp3) is 0.588. The van der Waals surface area contributed by atoms with Crippen LogP contribution in [0.3, 0.4) is 0 Å². The topological polar surface area (TPSA) is 78.3 Å². The molecule has 1 aliphatic carbocycles. The number of imidazole rings is 1. The van der Waals surface area contributed by atoms with E-state index in [1.807, 2.05) is 6.33 Å². The number of nitrogens with zero attached hydrogens (tertiary/aromatic N) is 3. The summed E-state index contributed by atoms with van der Waals surface area (Å²) in [6, 6.07) is 2.16. The molecular formula is C17H22N4O3. The highest BCUT2D eigenvalue weighted by Crippen LogP contribution is 2.31. The van der Waals surface area contributed by atoms with Crippen LogP contribution < -0.4 is 5.32 Å². The van der Waals surface area contributed by atoms with E-state index in [0.29, 0.717) is 24.8 Å². The number of pyridine rings is 1. The number of amides is 1. The second-order valence-electron chi connectivity index (χ2n) is 6.55. The highest BCUT2D eigenvalue weighted by atomic mass is 16.5. The average Bonchev–Trinajstić information content (AvgIpc) is 3.33. The lowest BCUT2D eigenvalue weighted by molar-refractivity contribution is 0.0685. The predicted molar refractivity (Wildman–Crippen MR) is 87.9 cm³/mol. The number of carbonyl (C=O) groups is 1. The van der Waals surface area contributed by atoms with E-state index in [9.17, 15) is 4.79 Å². The first-order chi connectivity index (χ1) is 11.8. The van der Waals surface area contributed by atoms with Crippen molar-refractivity contribution in [2.45, 2.75) is 43.9 Å². The summed E-state index contributed by atoms with van der Waals surface area (Å²) in [7, 11) is 1.63. The van der Waals surface area contributed by atoms with E-state index in [2.05, 4.69) is 19.9 Å². The van der Waals surface area contributed by atoms with Gasteiger partial charge in [-0.1, -0.05) is 12.8 Å². The largest absolute Gasteiger partial charge is 0.377 e. The van der Waals surface area contributed by atoms with E-state index in [4.69, 9.17) is 9.47 Å². The molecule has 2 aromatic heterocycles. The second-order valence-corrected chi connectivity index (χ2v) is 6.55. The molecule has 0 unspecified atom stereocenters. The summed E-state index contributed by atoms with van der Waals surface area (Å²) >= 11 is 0. The molecule has 2 aliphatic rings.